The Balaban J connectivity index is 1.92. The summed E-state index contributed by atoms with van der Waals surface area (Å²) in [7, 11) is -1.45. The normalized spacial score (nSPS) is 12.8. The molecule has 0 saturated heterocycles. The molecule has 2 rings (SSSR count). The van der Waals surface area contributed by atoms with Crippen molar-refractivity contribution < 1.29 is 9.90 Å². The summed E-state index contributed by atoms with van der Waals surface area (Å²) in [6.45, 7) is 8.74. The van der Waals surface area contributed by atoms with Crippen LogP contribution in [0.2, 0.25) is 19.1 Å². The fraction of sp³-hybridized carbons (Fsp3) is 0.409. The van der Waals surface area contributed by atoms with E-state index < -0.39 is 14.0 Å². The summed E-state index contributed by atoms with van der Waals surface area (Å²) in [6, 6.07) is 18.8. The average molecular weight is 355 g/mol. The standard InChI is InChI=1S/C22H30O2Si/c1-17-7-9-19(10-8-17)6-5-15-25(3,4)21-13-11-20(12-14-21)16-18(2)22(23)24/h7-14,18H,5-6,15-16H2,1-4H3,(H,23,24)/t18-/m0/s1. The summed E-state index contributed by atoms with van der Waals surface area (Å²) < 4.78 is 0. The summed E-state index contributed by atoms with van der Waals surface area (Å²) in [5.41, 5.74) is 3.85. The minimum atomic E-state index is -1.45. The molecule has 0 heterocycles. The van der Waals surface area contributed by atoms with Gasteiger partial charge in [0.1, 0.15) is 0 Å². The first-order valence-electron chi connectivity index (χ1n) is 9.16. The molecule has 2 aromatic carbocycles. The van der Waals surface area contributed by atoms with E-state index in [0.717, 1.165) is 12.0 Å². The lowest BCUT2D eigenvalue weighted by atomic mass is 10.0. The van der Waals surface area contributed by atoms with E-state index in [2.05, 4.69) is 68.5 Å². The number of aryl methyl sites for hydroxylation is 2. The number of hydrogen-bond acceptors (Lipinski definition) is 1. The highest BCUT2D eigenvalue weighted by atomic mass is 28.3. The molecule has 134 valence electrons. The van der Waals surface area contributed by atoms with E-state index in [9.17, 15) is 4.79 Å². The third kappa shape index (κ3) is 5.85. The summed E-state index contributed by atoms with van der Waals surface area (Å²) in [5.74, 6) is -1.06. The molecule has 2 aromatic rings. The molecule has 2 nitrogen and oxygen atoms in total. The molecule has 0 fully saturated rings. The van der Waals surface area contributed by atoms with Gasteiger partial charge in [-0.25, -0.2) is 0 Å². The van der Waals surface area contributed by atoms with Crippen LogP contribution in [0.4, 0.5) is 0 Å². The molecule has 1 atom stereocenters. The lowest BCUT2D eigenvalue weighted by Gasteiger charge is -2.23. The van der Waals surface area contributed by atoms with Gasteiger partial charge in [0.25, 0.3) is 0 Å². The summed E-state index contributed by atoms with van der Waals surface area (Å²) in [4.78, 5) is 11.0. The molecule has 0 bridgehead atoms. The first-order chi connectivity index (χ1) is 11.8. The van der Waals surface area contributed by atoms with E-state index in [4.69, 9.17) is 5.11 Å². The van der Waals surface area contributed by atoms with Gasteiger partial charge in [0.15, 0.2) is 0 Å². The highest BCUT2D eigenvalue weighted by Gasteiger charge is 2.23. The molecule has 0 saturated carbocycles. The van der Waals surface area contributed by atoms with E-state index in [0.29, 0.717) is 6.42 Å². The molecule has 0 aliphatic rings. The van der Waals surface area contributed by atoms with Crippen LogP contribution in [0, 0.1) is 12.8 Å². The van der Waals surface area contributed by atoms with Gasteiger partial charge in [0.05, 0.1) is 14.0 Å². The Labute approximate surface area is 152 Å². The Bertz CT molecular complexity index is 687. The number of carboxylic acid groups (broad SMARTS) is 1. The maximum atomic E-state index is 11.0. The zero-order valence-corrected chi connectivity index (χ0v) is 16.9. The van der Waals surface area contributed by atoms with Crippen molar-refractivity contribution >= 4 is 19.2 Å². The number of carboxylic acids is 1. The minimum absolute atomic E-state index is 0.328. The lowest BCUT2D eigenvalue weighted by molar-refractivity contribution is -0.141. The third-order valence-electron chi connectivity index (χ3n) is 5.09. The van der Waals surface area contributed by atoms with Crippen molar-refractivity contribution in [3.63, 3.8) is 0 Å². The van der Waals surface area contributed by atoms with E-state index in [1.54, 1.807) is 6.92 Å². The van der Waals surface area contributed by atoms with E-state index in [-0.39, 0.29) is 5.92 Å². The van der Waals surface area contributed by atoms with Gasteiger partial charge < -0.3 is 5.11 Å². The fourth-order valence-corrected chi connectivity index (χ4v) is 5.58. The average Bonchev–Trinajstić information content (AvgIpc) is 2.57. The van der Waals surface area contributed by atoms with Crippen LogP contribution in [-0.4, -0.2) is 19.1 Å². The maximum Gasteiger partial charge on any atom is 0.306 e. The number of hydrogen-bond donors (Lipinski definition) is 1. The Morgan fingerprint density at radius 1 is 1.00 bits per heavy atom. The van der Waals surface area contributed by atoms with Gasteiger partial charge in [-0.3, -0.25) is 4.79 Å². The van der Waals surface area contributed by atoms with Gasteiger partial charge in [-0.2, -0.15) is 0 Å². The SMILES string of the molecule is Cc1ccc(CCC[Si](C)(C)c2ccc(C[C@H](C)C(=O)O)cc2)cc1. The molecule has 0 spiro atoms. The topological polar surface area (TPSA) is 37.3 Å². The van der Waals surface area contributed by atoms with Crippen LogP contribution >= 0.6 is 0 Å². The van der Waals surface area contributed by atoms with Crippen LogP contribution < -0.4 is 5.19 Å². The number of aliphatic carboxylic acids is 1. The molecule has 25 heavy (non-hydrogen) atoms. The quantitative estimate of drug-likeness (QED) is 0.691. The first kappa shape index (κ1) is 19.5. The highest BCUT2D eigenvalue weighted by molar-refractivity contribution is 6.89. The van der Waals surface area contributed by atoms with Crippen molar-refractivity contribution in [2.75, 3.05) is 0 Å². The van der Waals surface area contributed by atoms with Gasteiger partial charge in [0.2, 0.25) is 0 Å². The summed E-state index contributed by atoms with van der Waals surface area (Å²) >= 11 is 0. The third-order valence-corrected chi connectivity index (χ3v) is 8.59. The highest BCUT2D eigenvalue weighted by Crippen LogP contribution is 2.17. The largest absolute Gasteiger partial charge is 0.481 e. The van der Waals surface area contributed by atoms with Crippen molar-refractivity contribution in [2.24, 2.45) is 5.92 Å². The zero-order valence-electron chi connectivity index (χ0n) is 15.9. The van der Waals surface area contributed by atoms with Crippen molar-refractivity contribution in [3.05, 3.63) is 65.2 Å². The van der Waals surface area contributed by atoms with Crippen molar-refractivity contribution in [2.45, 2.75) is 52.2 Å². The van der Waals surface area contributed by atoms with Gasteiger partial charge in [-0.15, -0.1) is 0 Å². The molecule has 3 heteroatoms. The van der Waals surface area contributed by atoms with Crippen LogP contribution in [0.25, 0.3) is 0 Å². The Morgan fingerprint density at radius 3 is 2.12 bits per heavy atom. The molecule has 0 radical (unpaired) electrons. The number of benzene rings is 2. The van der Waals surface area contributed by atoms with E-state index in [1.165, 1.54) is 28.8 Å². The van der Waals surface area contributed by atoms with Gasteiger partial charge in [-0.1, -0.05) is 91.8 Å². The van der Waals surface area contributed by atoms with E-state index in [1.807, 2.05) is 0 Å². The van der Waals surface area contributed by atoms with Crippen molar-refractivity contribution in [1.82, 2.24) is 0 Å². The number of rotatable bonds is 8. The molecule has 0 aromatic heterocycles. The van der Waals surface area contributed by atoms with Gasteiger partial charge >= 0.3 is 5.97 Å². The molecular formula is C22H30O2Si. The Hall–Kier alpha value is -1.87. The monoisotopic (exact) mass is 354 g/mol. The molecule has 0 aliphatic heterocycles. The second-order valence-electron chi connectivity index (χ2n) is 7.86. The minimum Gasteiger partial charge on any atom is -0.481 e. The smallest absolute Gasteiger partial charge is 0.306 e. The van der Waals surface area contributed by atoms with Crippen LogP contribution in [0.1, 0.15) is 30.0 Å². The molecule has 1 N–H and O–H groups in total. The Kier molecular flexibility index (Phi) is 6.60. The van der Waals surface area contributed by atoms with Crippen molar-refractivity contribution in [3.8, 4) is 0 Å². The predicted molar refractivity (Wildman–Crippen MR) is 108 cm³/mol. The van der Waals surface area contributed by atoms with E-state index >= 15 is 0 Å². The van der Waals surface area contributed by atoms with Crippen LogP contribution in [0.15, 0.2) is 48.5 Å². The van der Waals surface area contributed by atoms with Crippen LogP contribution in [0.5, 0.6) is 0 Å². The Morgan fingerprint density at radius 2 is 1.56 bits per heavy atom. The number of carbonyl (C=O) groups is 1. The predicted octanol–water partition coefficient (Wildman–Crippen LogP) is 4.81. The van der Waals surface area contributed by atoms with Gasteiger partial charge in [0, 0.05) is 0 Å². The van der Waals surface area contributed by atoms with Crippen LogP contribution in [0.3, 0.4) is 0 Å². The second-order valence-corrected chi connectivity index (χ2v) is 12.7. The van der Waals surface area contributed by atoms with Gasteiger partial charge in [-0.05, 0) is 30.9 Å². The van der Waals surface area contributed by atoms with Crippen molar-refractivity contribution in [1.29, 1.82) is 0 Å². The lowest BCUT2D eigenvalue weighted by Crippen LogP contribution is -2.41. The molecule has 0 unspecified atom stereocenters. The van der Waals surface area contributed by atoms with Crippen LogP contribution in [-0.2, 0) is 17.6 Å². The zero-order chi connectivity index (χ0) is 18.4. The maximum absolute atomic E-state index is 11.0. The fourth-order valence-electron chi connectivity index (χ4n) is 3.17. The molecule has 0 aliphatic carbocycles. The summed E-state index contributed by atoms with van der Waals surface area (Å²) in [6.07, 6.45) is 2.97. The molecule has 0 amide bonds. The second kappa shape index (κ2) is 8.48. The molecular weight excluding hydrogens is 324 g/mol. The summed E-state index contributed by atoms with van der Waals surface area (Å²) in [5, 5.41) is 10.5. The first-order valence-corrected chi connectivity index (χ1v) is 12.4.